The molecular weight excluding hydrogens is 250 g/mol. The molecule has 3 nitrogen and oxygen atoms in total. The minimum Gasteiger partial charge on any atom is -0.381 e. The number of benzene rings is 1. The lowest BCUT2D eigenvalue weighted by Gasteiger charge is -2.21. The van der Waals surface area contributed by atoms with Gasteiger partial charge in [-0.2, -0.15) is 0 Å². The Bertz CT molecular complexity index is 419. The fourth-order valence-corrected chi connectivity index (χ4v) is 2.51. The van der Waals surface area contributed by atoms with Crippen molar-refractivity contribution in [1.29, 1.82) is 0 Å². The molecule has 0 spiro atoms. The molecule has 0 aromatic heterocycles. The molecule has 1 saturated heterocycles. The van der Waals surface area contributed by atoms with E-state index in [9.17, 15) is 4.79 Å². The van der Waals surface area contributed by atoms with Crippen LogP contribution in [-0.4, -0.2) is 19.1 Å². The normalized spacial score (nSPS) is 16.4. The lowest BCUT2D eigenvalue weighted by molar-refractivity contribution is -0.122. The van der Waals surface area contributed by atoms with Gasteiger partial charge in [0.15, 0.2) is 0 Å². The van der Waals surface area contributed by atoms with Crippen molar-refractivity contribution in [2.24, 2.45) is 5.92 Å². The Labute approximate surface area is 121 Å². The molecule has 2 rings (SSSR count). The highest BCUT2D eigenvalue weighted by Crippen LogP contribution is 2.18. The summed E-state index contributed by atoms with van der Waals surface area (Å²) in [6.07, 6.45) is 2.65. The van der Waals surface area contributed by atoms with Crippen LogP contribution in [0.15, 0.2) is 24.3 Å². The van der Waals surface area contributed by atoms with Crippen LogP contribution in [0.2, 0.25) is 0 Å². The van der Waals surface area contributed by atoms with Gasteiger partial charge in [0, 0.05) is 26.2 Å². The first-order chi connectivity index (χ1) is 9.65. The van der Waals surface area contributed by atoms with Crippen molar-refractivity contribution in [3.63, 3.8) is 0 Å². The summed E-state index contributed by atoms with van der Waals surface area (Å²) in [4.78, 5) is 11.9. The Morgan fingerprint density at radius 2 is 1.90 bits per heavy atom. The zero-order chi connectivity index (χ0) is 14.4. The topological polar surface area (TPSA) is 38.3 Å². The van der Waals surface area contributed by atoms with Crippen molar-refractivity contribution < 1.29 is 9.53 Å². The standard InChI is InChI=1S/C17H25NO2/c1-13(2)16-5-3-15(4-6-16)12-18-17(19)11-14-7-9-20-10-8-14/h3-6,13-14H,7-12H2,1-2H3,(H,18,19). The number of carbonyl (C=O) groups excluding carboxylic acids is 1. The summed E-state index contributed by atoms with van der Waals surface area (Å²) >= 11 is 0. The van der Waals surface area contributed by atoms with Gasteiger partial charge in [0.1, 0.15) is 0 Å². The summed E-state index contributed by atoms with van der Waals surface area (Å²) in [7, 11) is 0. The third-order valence-electron chi connectivity index (χ3n) is 3.95. The van der Waals surface area contributed by atoms with Gasteiger partial charge in [-0.05, 0) is 35.8 Å². The van der Waals surface area contributed by atoms with Crippen molar-refractivity contribution in [2.45, 2.75) is 45.6 Å². The van der Waals surface area contributed by atoms with E-state index in [1.807, 2.05) is 0 Å². The lowest BCUT2D eigenvalue weighted by atomic mass is 9.96. The number of nitrogens with one attached hydrogen (secondary N) is 1. The minimum atomic E-state index is 0.157. The third kappa shape index (κ3) is 4.64. The van der Waals surface area contributed by atoms with Crippen molar-refractivity contribution in [1.82, 2.24) is 5.32 Å². The van der Waals surface area contributed by atoms with Crippen molar-refractivity contribution in [3.05, 3.63) is 35.4 Å². The Balaban J connectivity index is 1.74. The van der Waals surface area contributed by atoms with Gasteiger partial charge in [0.2, 0.25) is 5.91 Å². The van der Waals surface area contributed by atoms with E-state index < -0.39 is 0 Å². The number of amides is 1. The van der Waals surface area contributed by atoms with Crippen molar-refractivity contribution in [3.8, 4) is 0 Å². The smallest absolute Gasteiger partial charge is 0.220 e. The first-order valence-electron chi connectivity index (χ1n) is 7.58. The average Bonchev–Trinajstić information content (AvgIpc) is 2.46. The molecule has 1 heterocycles. The Hall–Kier alpha value is -1.35. The van der Waals surface area contributed by atoms with E-state index in [1.54, 1.807) is 0 Å². The fourth-order valence-electron chi connectivity index (χ4n) is 2.51. The van der Waals surface area contributed by atoms with Crippen LogP contribution in [0, 0.1) is 5.92 Å². The van der Waals surface area contributed by atoms with Gasteiger partial charge >= 0.3 is 0 Å². The molecule has 110 valence electrons. The monoisotopic (exact) mass is 275 g/mol. The van der Waals surface area contributed by atoms with E-state index in [1.165, 1.54) is 5.56 Å². The second-order valence-corrected chi connectivity index (χ2v) is 5.93. The van der Waals surface area contributed by atoms with Crippen molar-refractivity contribution in [2.75, 3.05) is 13.2 Å². The molecule has 0 aliphatic carbocycles. The van der Waals surface area contributed by atoms with Gasteiger partial charge in [-0.15, -0.1) is 0 Å². The van der Waals surface area contributed by atoms with E-state index >= 15 is 0 Å². The fraction of sp³-hybridized carbons (Fsp3) is 0.588. The molecule has 0 atom stereocenters. The molecule has 1 aliphatic heterocycles. The second-order valence-electron chi connectivity index (χ2n) is 5.93. The van der Waals surface area contributed by atoms with Crippen LogP contribution in [0.1, 0.15) is 50.2 Å². The molecule has 0 saturated carbocycles. The quantitative estimate of drug-likeness (QED) is 0.896. The average molecular weight is 275 g/mol. The Kier molecular flexibility index (Phi) is 5.60. The minimum absolute atomic E-state index is 0.157. The molecule has 0 unspecified atom stereocenters. The van der Waals surface area contributed by atoms with Crippen LogP contribution in [0.4, 0.5) is 0 Å². The first-order valence-corrected chi connectivity index (χ1v) is 7.58. The molecule has 20 heavy (non-hydrogen) atoms. The second kappa shape index (κ2) is 7.44. The number of hydrogen-bond donors (Lipinski definition) is 1. The summed E-state index contributed by atoms with van der Waals surface area (Å²) in [5.41, 5.74) is 2.50. The van der Waals surface area contributed by atoms with Gasteiger partial charge in [-0.3, -0.25) is 4.79 Å². The predicted octanol–water partition coefficient (Wildman–Crippen LogP) is 3.24. The molecule has 0 radical (unpaired) electrons. The molecule has 1 aliphatic rings. The van der Waals surface area contributed by atoms with Gasteiger partial charge in [-0.1, -0.05) is 38.1 Å². The van der Waals surface area contributed by atoms with Crippen LogP contribution in [0.25, 0.3) is 0 Å². The van der Waals surface area contributed by atoms with Gasteiger partial charge in [-0.25, -0.2) is 0 Å². The van der Waals surface area contributed by atoms with Gasteiger partial charge in [0.25, 0.3) is 0 Å². The van der Waals surface area contributed by atoms with Gasteiger partial charge in [0.05, 0.1) is 0 Å². The van der Waals surface area contributed by atoms with Crippen LogP contribution < -0.4 is 5.32 Å². The molecule has 1 aromatic rings. The van der Waals surface area contributed by atoms with E-state index in [0.29, 0.717) is 24.8 Å². The highest BCUT2D eigenvalue weighted by molar-refractivity contribution is 5.76. The molecule has 1 fully saturated rings. The van der Waals surface area contributed by atoms with Gasteiger partial charge < -0.3 is 10.1 Å². The zero-order valence-corrected chi connectivity index (χ0v) is 12.5. The maximum Gasteiger partial charge on any atom is 0.220 e. The van der Waals surface area contributed by atoms with E-state index in [0.717, 1.165) is 31.6 Å². The SMILES string of the molecule is CC(C)c1ccc(CNC(=O)CC2CCOCC2)cc1. The molecule has 0 bridgehead atoms. The van der Waals surface area contributed by atoms with E-state index in [2.05, 4.69) is 43.4 Å². The van der Waals surface area contributed by atoms with Crippen molar-refractivity contribution >= 4 is 5.91 Å². The van der Waals surface area contributed by atoms with E-state index in [4.69, 9.17) is 4.74 Å². The number of carbonyl (C=O) groups is 1. The Morgan fingerprint density at radius 1 is 1.25 bits per heavy atom. The third-order valence-corrected chi connectivity index (χ3v) is 3.95. The molecule has 1 amide bonds. The largest absolute Gasteiger partial charge is 0.381 e. The molecule has 1 N–H and O–H groups in total. The summed E-state index contributed by atoms with van der Waals surface area (Å²) in [6, 6.07) is 8.49. The van der Waals surface area contributed by atoms with Crippen LogP contribution in [-0.2, 0) is 16.1 Å². The van der Waals surface area contributed by atoms with Crippen LogP contribution >= 0.6 is 0 Å². The van der Waals surface area contributed by atoms with E-state index in [-0.39, 0.29) is 5.91 Å². The predicted molar refractivity (Wildman–Crippen MR) is 80.5 cm³/mol. The molecule has 3 heteroatoms. The maximum atomic E-state index is 11.9. The highest BCUT2D eigenvalue weighted by atomic mass is 16.5. The highest BCUT2D eigenvalue weighted by Gasteiger charge is 2.17. The zero-order valence-electron chi connectivity index (χ0n) is 12.5. The molecule has 1 aromatic carbocycles. The summed E-state index contributed by atoms with van der Waals surface area (Å²) < 4.78 is 5.31. The number of ether oxygens (including phenoxy) is 1. The molecular formula is C17H25NO2. The summed E-state index contributed by atoms with van der Waals surface area (Å²) in [5.74, 6) is 1.20. The summed E-state index contributed by atoms with van der Waals surface area (Å²) in [6.45, 7) is 6.60. The maximum absolute atomic E-state index is 11.9. The summed E-state index contributed by atoms with van der Waals surface area (Å²) in [5, 5.41) is 3.02. The number of hydrogen-bond acceptors (Lipinski definition) is 2. The van der Waals surface area contributed by atoms with Crippen LogP contribution in [0.3, 0.4) is 0 Å². The number of rotatable bonds is 5. The Morgan fingerprint density at radius 3 is 2.50 bits per heavy atom. The van der Waals surface area contributed by atoms with Crippen LogP contribution in [0.5, 0.6) is 0 Å². The lowest BCUT2D eigenvalue weighted by Crippen LogP contribution is -2.27. The first kappa shape index (κ1) is 15.0.